The van der Waals surface area contributed by atoms with Gasteiger partial charge in [0, 0.05) is 11.4 Å². The van der Waals surface area contributed by atoms with E-state index in [4.69, 9.17) is 11.6 Å². The quantitative estimate of drug-likeness (QED) is 0.832. The van der Waals surface area contributed by atoms with Crippen LogP contribution >= 0.6 is 11.6 Å². The molecule has 0 bridgehead atoms. The summed E-state index contributed by atoms with van der Waals surface area (Å²) in [5, 5.41) is 10.4. The molecule has 2 rings (SSSR count). The maximum absolute atomic E-state index is 9.69. The van der Waals surface area contributed by atoms with Crippen molar-refractivity contribution in [2.75, 3.05) is 0 Å². The third kappa shape index (κ3) is 2.37. The van der Waals surface area contributed by atoms with Gasteiger partial charge in [-0.2, -0.15) is 0 Å². The van der Waals surface area contributed by atoms with E-state index in [-0.39, 0.29) is 0 Å². The first-order valence-electron chi connectivity index (χ1n) is 5.19. The van der Waals surface area contributed by atoms with E-state index in [1.165, 1.54) is 5.56 Å². The van der Waals surface area contributed by atoms with Crippen molar-refractivity contribution in [2.45, 2.75) is 13.3 Å². The fourth-order valence-electron chi connectivity index (χ4n) is 1.72. The van der Waals surface area contributed by atoms with Crippen LogP contribution in [0.2, 0.25) is 5.02 Å². The molecule has 1 N–H and O–H groups in total. The molecule has 2 heteroatoms. The number of benzene rings is 2. The minimum Gasteiger partial charge on any atom is -0.508 e. The molecule has 82 valence electrons. The molecule has 0 unspecified atom stereocenters. The molecular weight excluding hydrogens is 220 g/mol. The Hall–Kier alpha value is -1.47. The van der Waals surface area contributed by atoms with Gasteiger partial charge in [0.1, 0.15) is 5.75 Å². The summed E-state index contributed by atoms with van der Waals surface area (Å²) in [4.78, 5) is 0. The minimum absolute atomic E-state index is 0.344. The first kappa shape index (κ1) is 11.0. The lowest BCUT2D eigenvalue weighted by molar-refractivity contribution is 0.469. The van der Waals surface area contributed by atoms with E-state index in [0.717, 1.165) is 22.6 Å². The van der Waals surface area contributed by atoms with Crippen molar-refractivity contribution in [2.24, 2.45) is 0 Å². The van der Waals surface area contributed by atoms with Crippen LogP contribution in [-0.2, 0) is 6.42 Å². The SMILES string of the molecule is Cc1cc(Cl)ccc1Cc1ccccc1O. The lowest BCUT2D eigenvalue weighted by Crippen LogP contribution is -1.92. The summed E-state index contributed by atoms with van der Waals surface area (Å²) in [6.07, 6.45) is 0.732. The second-order valence-electron chi connectivity index (χ2n) is 3.88. The van der Waals surface area contributed by atoms with Crippen LogP contribution in [-0.4, -0.2) is 5.11 Å². The molecule has 0 saturated heterocycles. The van der Waals surface area contributed by atoms with Gasteiger partial charge >= 0.3 is 0 Å². The van der Waals surface area contributed by atoms with Crippen molar-refractivity contribution in [3.8, 4) is 5.75 Å². The number of hydrogen-bond donors (Lipinski definition) is 1. The smallest absolute Gasteiger partial charge is 0.119 e. The van der Waals surface area contributed by atoms with Crippen LogP contribution < -0.4 is 0 Å². The second kappa shape index (κ2) is 4.58. The average molecular weight is 233 g/mol. The number of halogens is 1. The summed E-state index contributed by atoms with van der Waals surface area (Å²) in [6.45, 7) is 2.03. The van der Waals surface area contributed by atoms with Gasteiger partial charge in [0.15, 0.2) is 0 Å². The Bertz CT molecular complexity index is 506. The third-order valence-electron chi connectivity index (χ3n) is 2.68. The Morgan fingerprint density at radius 2 is 1.81 bits per heavy atom. The number of para-hydroxylation sites is 1. The van der Waals surface area contributed by atoms with Gasteiger partial charge in [0.25, 0.3) is 0 Å². The van der Waals surface area contributed by atoms with E-state index in [0.29, 0.717) is 5.75 Å². The maximum atomic E-state index is 9.69. The fraction of sp³-hybridized carbons (Fsp3) is 0.143. The number of aromatic hydroxyl groups is 1. The standard InChI is InChI=1S/C14H13ClO/c1-10-8-13(15)7-6-11(10)9-12-4-2-3-5-14(12)16/h2-8,16H,9H2,1H3. The normalized spacial score (nSPS) is 10.4. The first-order valence-corrected chi connectivity index (χ1v) is 5.56. The highest BCUT2D eigenvalue weighted by Gasteiger charge is 2.04. The van der Waals surface area contributed by atoms with Crippen molar-refractivity contribution in [3.05, 3.63) is 64.2 Å². The Morgan fingerprint density at radius 1 is 1.06 bits per heavy atom. The number of phenolic OH excluding ortho intramolecular Hbond substituents is 1. The summed E-state index contributed by atoms with van der Waals surface area (Å²) in [5.41, 5.74) is 3.27. The molecule has 0 atom stereocenters. The summed E-state index contributed by atoms with van der Waals surface area (Å²) in [6, 6.07) is 13.2. The van der Waals surface area contributed by atoms with Crippen molar-refractivity contribution >= 4 is 11.6 Å². The zero-order valence-corrected chi connectivity index (χ0v) is 9.83. The Kier molecular flexibility index (Phi) is 3.16. The highest BCUT2D eigenvalue weighted by Crippen LogP contribution is 2.23. The van der Waals surface area contributed by atoms with Gasteiger partial charge in [-0.3, -0.25) is 0 Å². The molecule has 0 fully saturated rings. The van der Waals surface area contributed by atoms with E-state index in [1.54, 1.807) is 6.07 Å². The molecule has 0 aromatic heterocycles. The van der Waals surface area contributed by atoms with Crippen molar-refractivity contribution in [3.63, 3.8) is 0 Å². The van der Waals surface area contributed by atoms with Gasteiger partial charge < -0.3 is 5.11 Å². The number of phenols is 1. The van der Waals surface area contributed by atoms with Crippen molar-refractivity contribution in [1.29, 1.82) is 0 Å². The molecular formula is C14H13ClO. The van der Waals surface area contributed by atoms with Crippen LogP contribution in [0.25, 0.3) is 0 Å². The molecule has 0 aliphatic rings. The van der Waals surface area contributed by atoms with E-state index in [9.17, 15) is 5.11 Å². The molecule has 0 aliphatic heterocycles. The molecule has 2 aromatic rings. The highest BCUT2D eigenvalue weighted by atomic mass is 35.5. The van der Waals surface area contributed by atoms with Crippen LogP contribution in [0, 0.1) is 6.92 Å². The predicted octanol–water partition coefficient (Wildman–Crippen LogP) is 3.94. The second-order valence-corrected chi connectivity index (χ2v) is 4.31. The minimum atomic E-state index is 0.344. The van der Waals surface area contributed by atoms with Crippen LogP contribution in [0.15, 0.2) is 42.5 Å². The molecule has 2 aromatic carbocycles. The van der Waals surface area contributed by atoms with E-state index in [2.05, 4.69) is 0 Å². The molecule has 0 aliphatic carbocycles. The van der Waals surface area contributed by atoms with Gasteiger partial charge in [-0.1, -0.05) is 35.9 Å². The summed E-state index contributed by atoms with van der Waals surface area (Å²) < 4.78 is 0. The van der Waals surface area contributed by atoms with Crippen LogP contribution in [0.1, 0.15) is 16.7 Å². The number of aryl methyl sites for hydroxylation is 1. The zero-order valence-electron chi connectivity index (χ0n) is 9.07. The van der Waals surface area contributed by atoms with Crippen LogP contribution in [0.5, 0.6) is 5.75 Å². The lowest BCUT2D eigenvalue weighted by atomic mass is 10.0. The molecule has 0 heterocycles. The number of rotatable bonds is 2. The average Bonchev–Trinajstić information content (AvgIpc) is 2.25. The largest absolute Gasteiger partial charge is 0.508 e. The third-order valence-corrected chi connectivity index (χ3v) is 2.91. The number of hydrogen-bond acceptors (Lipinski definition) is 1. The molecule has 0 spiro atoms. The molecule has 16 heavy (non-hydrogen) atoms. The van der Waals surface area contributed by atoms with E-state index < -0.39 is 0 Å². The monoisotopic (exact) mass is 232 g/mol. The van der Waals surface area contributed by atoms with Crippen LogP contribution in [0.4, 0.5) is 0 Å². The summed E-state index contributed by atoms with van der Waals surface area (Å²) in [5.74, 6) is 0.344. The fourth-order valence-corrected chi connectivity index (χ4v) is 1.95. The first-order chi connectivity index (χ1) is 7.66. The Labute approximate surface area is 100 Å². The zero-order chi connectivity index (χ0) is 11.5. The summed E-state index contributed by atoms with van der Waals surface area (Å²) >= 11 is 5.90. The molecule has 0 radical (unpaired) electrons. The van der Waals surface area contributed by atoms with Crippen LogP contribution in [0.3, 0.4) is 0 Å². The van der Waals surface area contributed by atoms with Gasteiger partial charge in [-0.25, -0.2) is 0 Å². The van der Waals surface area contributed by atoms with Gasteiger partial charge in [0.05, 0.1) is 0 Å². The molecule has 0 saturated carbocycles. The Morgan fingerprint density at radius 3 is 2.50 bits per heavy atom. The molecule has 0 amide bonds. The summed E-state index contributed by atoms with van der Waals surface area (Å²) in [7, 11) is 0. The Balaban J connectivity index is 2.31. The topological polar surface area (TPSA) is 20.2 Å². The van der Waals surface area contributed by atoms with Gasteiger partial charge in [-0.15, -0.1) is 0 Å². The van der Waals surface area contributed by atoms with Crippen molar-refractivity contribution < 1.29 is 5.11 Å². The predicted molar refractivity (Wildman–Crippen MR) is 67.1 cm³/mol. The molecule has 1 nitrogen and oxygen atoms in total. The maximum Gasteiger partial charge on any atom is 0.119 e. The van der Waals surface area contributed by atoms with Gasteiger partial charge in [0.2, 0.25) is 0 Å². The van der Waals surface area contributed by atoms with E-state index in [1.807, 2.05) is 43.3 Å². The van der Waals surface area contributed by atoms with Gasteiger partial charge in [-0.05, 0) is 41.8 Å². The van der Waals surface area contributed by atoms with E-state index >= 15 is 0 Å². The highest BCUT2D eigenvalue weighted by molar-refractivity contribution is 6.30. The van der Waals surface area contributed by atoms with Crippen molar-refractivity contribution in [1.82, 2.24) is 0 Å². The lowest BCUT2D eigenvalue weighted by Gasteiger charge is -2.07.